The van der Waals surface area contributed by atoms with Crippen molar-refractivity contribution in [2.75, 3.05) is 6.61 Å². The molecule has 0 saturated carbocycles. The SMILES string of the molecule is C[C@@H]1O[C@H](CO)[C@H](N)C1O. The maximum Gasteiger partial charge on any atom is 0.0987 e. The molecule has 10 heavy (non-hydrogen) atoms. The van der Waals surface area contributed by atoms with Crippen LogP contribution in [-0.2, 0) is 4.74 Å². The van der Waals surface area contributed by atoms with Gasteiger partial charge in [-0.3, -0.25) is 0 Å². The van der Waals surface area contributed by atoms with Gasteiger partial charge in [0.2, 0.25) is 0 Å². The van der Waals surface area contributed by atoms with Crippen molar-refractivity contribution < 1.29 is 14.9 Å². The third kappa shape index (κ3) is 1.15. The molecule has 4 N–H and O–H groups in total. The van der Waals surface area contributed by atoms with E-state index in [-0.39, 0.29) is 12.7 Å². The van der Waals surface area contributed by atoms with Crippen molar-refractivity contribution in [1.29, 1.82) is 0 Å². The summed E-state index contributed by atoms with van der Waals surface area (Å²) in [4.78, 5) is 0. The van der Waals surface area contributed by atoms with Gasteiger partial charge < -0.3 is 20.7 Å². The third-order valence-electron chi connectivity index (χ3n) is 1.87. The first kappa shape index (κ1) is 7.94. The lowest BCUT2D eigenvalue weighted by atomic mass is 10.1. The normalized spacial score (nSPS) is 48.0. The molecule has 0 spiro atoms. The quantitative estimate of drug-likeness (QED) is 0.420. The third-order valence-corrected chi connectivity index (χ3v) is 1.87. The number of ether oxygens (including phenoxy) is 1. The van der Waals surface area contributed by atoms with Crippen molar-refractivity contribution in [3.05, 3.63) is 0 Å². The van der Waals surface area contributed by atoms with Gasteiger partial charge in [-0.2, -0.15) is 0 Å². The Morgan fingerprint density at radius 3 is 2.40 bits per heavy atom. The molecule has 4 nitrogen and oxygen atoms in total. The summed E-state index contributed by atoms with van der Waals surface area (Å²) in [6.45, 7) is 1.61. The highest BCUT2D eigenvalue weighted by atomic mass is 16.5. The van der Waals surface area contributed by atoms with Crippen LogP contribution in [-0.4, -0.2) is 41.2 Å². The van der Waals surface area contributed by atoms with Crippen LogP contribution in [0.2, 0.25) is 0 Å². The summed E-state index contributed by atoms with van der Waals surface area (Å²) in [7, 11) is 0. The van der Waals surface area contributed by atoms with Gasteiger partial charge in [-0.15, -0.1) is 0 Å². The Hall–Kier alpha value is -0.160. The van der Waals surface area contributed by atoms with Gasteiger partial charge in [0.25, 0.3) is 0 Å². The second-order valence-corrected chi connectivity index (χ2v) is 2.63. The van der Waals surface area contributed by atoms with Crippen molar-refractivity contribution in [3.63, 3.8) is 0 Å². The lowest BCUT2D eigenvalue weighted by molar-refractivity contribution is -0.000140. The van der Waals surface area contributed by atoms with Gasteiger partial charge in [-0.1, -0.05) is 0 Å². The predicted octanol–water partition coefficient (Wildman–Crippen LogP) is -1.55. The number of aliphatic hydroxyl groups is 2. The molecule has 0 bridgehead atoms. The molecule has 1 heterocycles. The summed E-state index contributed by atoms with van der Waals surface area (Å²) in [6, 6.07) is -0.444. The van der Waals surface area contributed by atoms with Gasteiger partial charge in [0.15, 0.2) is 0 Å². The van der Waals surface area contributed by atoms with E-state index in [9.17, 15) is 5.11 Å². The van der Waals surface area contributed by atoms with Crippen molar-refractivity contribution in [1.82, 2.24) is 0 Å². The van der Waals surface area contributed by atoms with E-state index in [2.05, 4.69) is 0 Å². The Labute approximate surface area is 59.6 Å². The molecule has 0 amide bonds. The van der Waals surface area contributed by atoms with Crippen LogP contribution in [0.1, 0.15) is 6.92 Å². The van der Waals surface area contributed by atoms with Crippen molar-refractivity contribution in [3.8, 4) is 0 Å². The Morgan fingerprint density at radius 1 is 1.60 bits per heavy atom. The van der Waals surface area contributed by atoms with Gasteiger partial charge in [-0.25, -0.2) is 0 Å². The van der Waals surface area contributed by atoms with Gasteiger partial charge in [0.1, 0.15) is 0 Å². The van der Waals surface area contributed by atoms with Crippen LogP contribution in [0.15, 0.2) is 0 Å². The zero-order valence-electron chi connectivity index (χ0n) is 5.90. The van der Waals surface area contributed by atoms with E-state index >= 15 is 0 Å². The van der Waals surface area contributed by atoms with Crippen LogP contribution in [0.3, 0.4) is 0 Å². The van der Waals surface area contributed by atoms with E-state index in [1.807, 2.05) is 0 Å². The summed E-state index contributed by atoms with van der Waals surface area (Å²) < 4.78 is 5.11. The standard InChI is InChI=1S/C6H13NO3/c1-3-6(9)5(7)4(2-8)10-3/h3-6,8-9H,2,7H2,1H3/t3-,4+,5-,6?/m0/s1. The lowest BCUT2D eigenvalue weighted by Gasteiger charge is -2.11. The van der Waals surface area contributed by atoms with Crippen LogP contribution >= 0.6 is 0 Å². The Balaban J connectivity index is 2.53. The molecule has 60 valence electrons. The molecule has 0 aromatic rings. The molecule has 4 atom stereocenters. The van der Waals surface area contributed by atoms with E-state index in [1.165, 1.54) is 0 Å². The topological polar surface area (TPSA) is 75.7 Å². The van der Waals surface area contributed by atoms with Gasteiger partial charge in [-0.05, 0) is 6.92 Å². The monoisotopic (exact) mass is 147 g/mol. The summed E-state index contributed by atoms with van der Waals surface area (Å²) in [5, 5.41) is 17.9. The number of rotatable bonds is 1. The highest BCUT2D eigenvalue weighted by Gasteiger charge is 2.38. The fourth-order valence-electron chi connectivity index (χ4n) is 1.14. The van der Waals surface area contributed by atoms with E-state index < -0.39 is 18.2 Å². The Kier molecular flexibility index (Phi) is 2.25. The zero-order chi connectivity index (χ0) is 7.72. The van der Waals surface area contributed by atoms with Crippen LogP contribution in [0.5, 0.6) is 0 Å². The van der Waals surface area contributed by atoms with Crippen LogP contribution in [0.25, 0.3) is 0 Å². The summed E-state index contributed by atoms with van der Waals surface area (Å²) >= 11 is 0. The highest BCUT2D eigenvalue weighted by Crippen LogP contribution is 2.18. The van der Waals surface area contributed by atoms with Crippen LogP contribution in [0.4, 0.5) is 0 Å². The van der Waals surface area contributed by atoms with Gasteiger partial charge >= 0.3 is 0 Å². The molecule has 1 rings (SSSR count). The van der Waals surface area contributed by atoms with E-state index in [0.29, 0.717) is 0 Å². The highest BCUT2D eigenvalue weighted by molar-refractivity contribution is 4.90. The largest absolute Gasteiger partial charge is 0.394 e. The zero-order valence-corrected chi connectivity index (χ0v) is 5.90. The summed E-state index contributed by atoms with van der Waals surface area (Å²) in [6.07, 6.45) is -1.30. The van der Waals surface area contributed by atoms with Crippen LogP contribution < -0.4 is 5.73 Å². The molecule has 0 radical (unpaired) electrons. The summed E-state index contributed by atoms with van der Waals surface area (Å²) in [5.41, 5.74) is 5.49. The Morgan fingerprint density at radius 2 is 2.20 bits per heavy atom. The first-order valence-corrected chi connectivity index (χ1v) is 3.36. The first-order chi connectivity index (χ1) is 4.66. The van der Waals surface area contributed by atoms with Gasteiger partial charge in [0, 0.05) is 0 Å². The van der Waals surface area contributed by atoms with Crippen molar-refractivity contribution in [2.45, 2.75) is 31.3 Å². The van der Waals surface area contributed by atoms with Gasteiger partial charge in [0.05, 0.1) is 31.0 Å². The average molecular weight is 147 g/mol. The molecule has 0 aromatic heterocycles. The van der Waals surface area contributed by atoms with E-state index in [4.69, 9.17) is 15.6 Å². The Bertz CT molecular complexity index is 120. The molecule has 4 heteroatoms. The minimum atomic E-state index is -0.642. The summed E-state index contributed by atoms with van der Waals surface area (Å²) in [5.74, 6) is 0. The lowest BCUT2D eigenvalue weighted by Crippen LogP contribution is -2.41. The second kappa shape index (κ2) is 2.84. The smallest absolute Gasteiger partial charge is 0.0987 e. The predicted molar refractivity (Wildman–Crippen MR) is 35.4 cm³/mol. The van der Waals surface area contributed by atoms with Crippen molar-refractivity contribution >= 4 is 0 Å². The molecule has 1 aliphatic heterocycles. The number of nitrogens with two attached hydrogens (primary N) is 1. The minimum absolute atomic E-state index is 0.122. The molecule has 1 aliphatic rings. The molecule has 1 unspecified atom stereocenters. The molecular formula is C6H13NO3. The van der Waals surface area contributed by atoms with E-state index in [1.54, 1.807) is 6.92 Å². The second-order valence-electron chi connectivity index (χ2n) is 2.63. The molecule has 0 aromatic carbocycles. The molecular weight excluding hydrogens is 134 g/mol. The number of hydrogen-bond acceptors (Lipinski definition) is 4. The minimum Gasteiger partial charge on any atom is -0.394 e. The maximum atomic E-state index is 9.21. The molecule has 0 aliphatic carbocycles. The average Bonchev–Trinajstić information content (AvgIpc) is 2.17. The van der Waals surface area contributed by atoms with Crippen LogP contribution in [0, 0.1) is 0 Å². The first-order valence-electron chi connectivity index (χ1n) is 3.36. The number of aliphatic hydroxyl groups excluding tert-OH is 2. The number of hydrogen-bond donors (Lipinski definition) is 3. The molecule has 1 fully saturated rings. The fourth-order valence-corrected chi connectivity index (χ4v) is 1.14. The van der Waals surface area contributed by atoms with E-state index in [0.717, 1.165) is 0 Å². The van der Waals surface area contributed by atoms with Crippen molar-refractivity contribution in [2.24, 2.45) is 5.73 Å². The maximum absolute atomic E-state index is 9.21. The fraction of sp³-hybridized carbons (Fsp3) is 1.00. The molecule has 1 saturated heterocycles.